The second-order valence-corrected chi connectivity index (χ2v) is 5.80. The van der Waals surface area contributed by atoms with E-state index >= 15 is 0 Å². The van der Waals surface area contributed by atoms with Crippen molar-refractivity contribution in [1.82, 2.24) is 0 Å². The third kappa shape index (κ3) is 1.66. The molecule has 92 valence electrons. The van der Waals surface area contributed by atoms with Crippen LogP contribution in [0, 0.1) is 11.3 Å². The number of hydrogen-bond donors (Lipinski definition) is 0. The second-order valence-electron chi connectivity index (χ2n) is 5.80. The Morgan fingerprint density at radius 3 is 2.50 bits per heavy atom. The van der Waals surface area contributed by atoms with Crippen molar-refractivity contribution in [2.24, 2.45) is 11.3 Å². The van der Waals surface area contributed by atoms with Gasteiger partial charge in [0, 0.05) is 5.41 Å². The van der Waals surface area contributed by atoms with E-state index in [1.165, 1.54) is 6.42 Å². The van der Waals surface area contributed by atoms with E-state index in [1.54, 1.807) is 0 Å². The summed E-state index contributed by atoms with van der Waals surface area (Å²) in [4.78, 5) is 12.3. The molecule has 0 aromatic heterocycles. The minimum absolute atomic E-state index is 0.0580. The fourth-order valence-corrected chi connectivity index (χ4v) is 3.34. The molecular weight excluding hydrogens is 220 g/mol. The Bertz CT molecular complexity index is 535. The molecule has 2 aliphatic rings. The highest BCUT2D eigenvalue weighted by molar-refractivity contribution is 6.06. The van der Waals surface area contributed by atoms with Gasteiger partial charge in [0.05, 0.1) is 0 Å². The predicted octanol–water partition coefficient (Wildman–Crippen LogP) is 4.10. The van der Waals surface area contributed by atoms with Crippen LogP contribution in [0.5, 0.6) is 0 Å². The van der Waals surface area contributed by atoms with Gasteiger partial charge in [0.1, 0.15) is 0 Å². The lowest BCUT2D eigenvalue weighted by atomic mass is 9.83. The van der Waals surface area contributed by atoms with Gasteiger partial charge in [-0.1, -0.05) is 43.8 Å². The van der Waals surface area contributed by atoms with Crippen LogP contribution in [-0.2, 0) is 4.79 Å². The molecule has 0 N–H and O–H groups in total. The predicted molar refractivity (Wildman–Crippen MR) is 75.0 cm³/mol. The highest BCUT2D eigenvalue weighted by Crippen LogP contribution is 2.54. The summed E-state index contributed by atoms with van der Waals surface area (Å²) < 4.78 is 0. The maximum Gasteiger partial charge on any atom is 0.165 e. The van der Waals surface area contributed by atoms with Crippen LogP contribution in [0.3, 0.4) is 0 Å². The molecule has 2 fully saturated rings. The first-order chi connectivity index (χ1) is 8.62. The Morgan fingerprint density at radius 1 is 1.28 bits per heavy atom. The zero-order chi connectivity index (χ0) is 12.8. The van der Waals surface area contributed by atoms with E-state index < -0.39 is 0 Å². The van der Waals surface area contributed by atoms with Crippen molar-refractivity contribution in [3.05, 3.63) is 47.5 Å². The van der Waals surface area contributed by atoms with Crippen LogP contribution in [0.2, 0.25) is 0 Å². The first-order valence-corrected chi connectivity index (χ1v) is 6.61. The topological polar surface area (TPSA) is 17.1 Å². The molecule has 2 saturated carbocycles. The zero-order valence-corrected chi connectivity index (χ0v) is 10.8. The summed E-state index contributed by atoms with van der Waals surface area (Å²) in [5.41, 5.74) is 3.23. The SMILES string of the molecule is C=Cc1ccc(/C=C2/C(=O)C3(C)CCC2C3)cc1. The number of ketones is 1. The first kappa shape index (κ1) is 11.5. The van der Waals surface area contributed by atoms with Crippen molar-refractivity contribution in [2.75, 3.05) is 0 Å². The van der Waals surface area contributed by atoms with Gasteiger partial charge in [0.25, 0.3) is 0 Å². The lowest BCUT2D eigenvalue weighted by Gasteiger charge is -2.20. The van der Waals surface area contributed by atoms with Gasteiger partial charge in [-0.2, -0.15) is 0 Å². The fraction of sp³-hybridized carbons (Fsp3) is 0.353. The van der Waals surface area contributed by atoms with Crippen molar-refractivity contribution < 1.29 is 4.79 Å². The third-order valence-corrected chi connectivity index (χ3v) is 4.49. The molecule has 1 aromatic carbocycles. The van der Waals surface area contributed by atoms with Gasteiger partial charge in [-0.3, -0.25) is 4.79 Å². The summed E-state index contributed by atoms with van der Waals surface area (Å²) in [6.07, 6.45) is 7.23. The molecule has 3 rings (SSSR count). The molecule has 0 radical (unpaired) electrons. The number of Topliss-reactive ketones (excluding diaryl/α,β-unsaturated/α-hetero) is 1. The summed E-state index contributed by atoms with van der Waals surface area (Å²) >= 11 is 0. The van der Waals surface area contributed by atoms with Crippen LogP contribution in [-0.4, -0.2) is 5.78 Å². The summed E-state index contributed by atoms with van der Waals surface area (Å²) in [5.74, 6) is 0.883. The average Bonchev–Trinajstić information content (AvgIpc) is 2.88. The van der Waals surface area contributed by atoms with Crippen LogP contribution >= 0.6 is 0 Å². The summed E-state index contributed by atoms with van der Waals surface area (Å²) in [6, 6.07) is 8.20. The average molecular weight is 238 g/mol. The van der Waals surface area contributed by atoms with Crippen LogP contribution < -0.4 is 0 Å². The Balaban J connectivity index is 1.93. The summed E-state index contributed by atoms with van der Waals surface area (Å²) in [6.45, 7) is 5.87. The Morgan fingerprint density at radius 2 is 1.94 bits per heavy atom. The smallest absolute Gasteiger partial charge is 0.165 e. The fourth-order valence-electron chi connectivity index (χ4n) is 3.34. The minimum Gasteiger partial charge on any atom is -0.294 e. The number of fused-ring (bicyclic) bond motifs is 2. The molecule has 1 nitrogen and oxygen atoms in total. The van der Waals surface area contributed by atoms with Crippen molar-refractivity contribution in [1.29, 1.82) is 0 Å². The van der Waals surface area contributed by atoms with Crippen molar-refractivity contribution in [3.63, 3.8) is 0 Å². The highest BCUT2D eigenvalue weighted by Gasteiger charge is 2.51. The van der Waals surface area contributed by atoms with E-state index in [1.807, 2.05) is 18.2 Å². The molecule has 0 aliphatic heterocycles. The van der Waals surface area contributed by atoms with Gasteiger partial charge in [-0.15, -0.1) is 0 Å². The van der Waals surface area contributed by atoms with E-state index in [2.05, 4.69) is 31.7 Å². The number of rotatable bonds is 2. The first-order valence-electron chi connectivity index (χ1n) is 6.61. The molecule has 1 aromatic rings. The number of carbonyl (C=O) groups is 1. The van der Waals surface area contributed by atoms with Gasteiger partial charge in [-0.05, 0) is 48.0 Å². The van der Waals surface area contributed by atoms with Crippen LogP contribution in [0.15, 0.2) is 36.4 Å². The monoisotopic (exact) mass is 238 g/mol. The number of benzene rings is 1. The molecule has 0 amide bonds. The Kier molecular flexibility index (Phi) is 2.51. The molecular formula is C17H18O. The van der Waals surface area contributed by atoms with Crippen LogP contribution in [0.4, 0.5) is 0 Å². The molecule has 0 heterocycles. The standard InChI is InChI=1S/C17H18O/c1-3-12-4-6-13(7-5-12)10-15-14-8-9-17(2,11-14)16(15)18/h3-7,10,14H,1,8-9,11H2,2H3/b15-10+. The minimum atomic E-state index is -0.0580. The summed E-state index contributed by atoms with van der Waals surface area (Å²) in [7, 11) is 0. The Labute approximate surface area is 108 Å². The normalized spacial score (nSPS) is 32.2. The van der Waals surface area contributed by atoms with Gasteiger partial charge < -0.3 is 0 Å². The maximum absolute atomic E-state index is 12.3. The van der Waals surface area contributed by atoms with Crippen molar-refractivity contribution in [3.8, 4) is 0 Å². The number of allylic oxidation sites excluding steroid dienone is 1. The highest BCUT2D eigenvalue weighted by atomic mass is 16.1. The van der Waals surface area contributed by atoms with Crippen molar-refractivity contribution in [2.45, 2.75) is 26.2 Å². The molecule has 0 saturated heterocycles. The van der Waals surface area contributed by atoms with E-state index in [0.717, 1.165) is 29.5 Å². The van der Waals surface area contributed by atoms with E-state index in [4.69, 9.17) is 0 Å². The quantitative estimate of drug-likeness (QED) is 0.709. The molecule has 2 unspecified atom stereocenters. The molecule has 2 atom stereocenters. The van der Waals surface area contributed by atoms with E-state index in [9.17, 15) is 4.79 Å². The summed E-state index contributed by atoms with van der Waals surface area (Å²) in [5, 5.41) is 0. The van der Waals surface area contributed by atoms with Crippen molar-refractivity contribution >= 4 is 17.9 Å². The third-order valence-electron chi connectivity index (χ3n) is 4.49. The lowest BCUT2D eigenvalue weighted by molar-refractivity contribution is -0.122. The van der Waals surface area contributed by atoms with Gasteiger partial charge in [0.15, 0.2) is 5.78 Å². The van der Waals surface area contributed by atoms with E-state index in [-0.39, 0.29) is 5.41 Å². The zero-order valence-electron chi connectivity index (χ0n) is 10.8. The molecule has 2 bridgehead atoms. The molecule has 18 heavy (non-hydrogen) atoms. The molecule has 1 heteroatoms. The second kappa shape index (κ2) is 3.94. The largest absolute Gasteiger partial charge is 0.294 e. The number of carbonyl (C=O) groups excluding carboxylic acids is 1. The lowest BCUT2D eigenvalue weighted by Crippen LogP contribution is -2.22. The Hall–Kier alpha value is -1.63. The van der Waals surface area contributed by atoms with Crippen LogP contribution in [0.25, 0.3) is 12.2 Å². The molecule has 0 spiro atoms. The van der Waals surface area contributed by atoms with E-state index in [0.29, 0.717) is 11.7 Å². The number of hydrogen-bond acceptors (Lipinski definition) is 1. The van der Waals surface area contributed by atoms with Crippen LogP contribution in [0.1, 0.15) is 37.3 Å². The maximum atomic E-state index is 12.3. The van der Waals surface area contributed by atoms with Gasteiger partial charge in [-0.25, -0.2) is 0 Å². The van der Waals surface area contributed by atoms with Gasteiger partial charge in [0.2, 0.25) is 0 Å². The molecule has 2 aliphatic carbocycles. The van der Waals surface area contributed by atoms with Gasteiger partial charge >= 0.3 is 0 Å².